The Morgan fingerprint density at radius 2 is 1.50 bits per heavy atom. The van der Waals surface area contributed by atoms with Crippen LogP contribution in [-0.4, -0.2) is 17.5 Å². The summed E-state index contributed by atoms with van der Waals surface area (Å²) in [4.78, 5) is 14.5. The highest BCUT2D eigenvalue weighted by Crippen LogP contribution is 2.18. The molecule has 0 saturated heterocycles. The maximum absolute atomic E-state index is 12.8. The van der Waals surface area contributed by atoms with E-state index in [9.17, 15) is 4.79 Å². The molecular weight excluding hydrogens is 352 g/mol. The highest BCUT2D eigenvalue weighted by molar-refractivity contribution is 5.85. The molecule has 0 radical (unpaired) electrons. The number of carbonyl (C=O) groups excluding carboxylic acids is 1. The molecule has 5 heteroatoms. The fourth-order valence-corrected chi connectivity index (χ4v) is 3.31. The van der Waals surface area contributed by atoms with Crippen LogP contribution in [0.1, 0.15) is 17.1 Å². The Kier molecular flexibility index (Phi) is 5.43. The molecule has 28 heavy (non-hydrogen) atoms. The average Bonchev–Trinajstić information content (AvgIpc) is 3.42. The monoisotopic (exact) mass is 374 g/mol. The fraction of sp³-hybridized carbons (Fsp3) is 0.174. The molecular formula is C23H22N2O3. The SMILES string of the molecule is O=C(NCCc1cccc2ccccc12)N(Cc1ccco1)Cc1ccco1. The van der Waals surface area contributed by atoms with Crippen LogP contribution in [0, 0.1) is 0 Å². The lowest BCUT2D eigenvalue weighted by atomic mass is 10.0. The quantitative estimate of drug-likeness (QED) is 0.496. The molecule has 2 amide bonds. The molecule has 0 aliphatic carbocycles. The van der Waals surface area contributed by atoms with Crippen molar-refractivity contribution in [2.24, 2.45) is 0 Å². The lowest BCUT2D eigenvalue weighted by Gasteiger charge is -2.21. The van der Waals surface area contributed by atoms with Gasteiger partial charge in [-0.1, -0.05) is 42.5 Å². The van der Waals surface area contributed by atoms with Gasteiger partial charge in [0.05, 0.1) is 25.6 Å². The zero-order valence-corrected chi connectivity index (χ0v) is 15.5. The Bertz CT molecular complexity index is 982. The third kappa shape index (κ3) is 4.26. The van der Waals surface area contributed by atoms with Crippen molar-refractivity contribution in [2.75, 3.05) is 6.54 Å². The van der Waals surface area contributed by atoms with Crippen molar-refractivity contribution in [1.29, 1.82) is 0 Å². The first-order valence-electron chi connectivity index (χ1n) is 9.34. The van der Waals surface area contributed by atoms with E-state index in [1.165, 1.54) is 16.3 Å². The molecule has 4 aromatic rings. The van der Waals surface area contributed by atoms with Crippen LogP contribution < -0.4 is 5.32 Å². The van der Waals surface area contributed by atoms with Crippen molar-refractivity contribution in [3.63, 3.8) is 0 Å². The summed E-state index contributed by atoms with van der Waals surface area (Å²) in [7, 11) is 0. The molecule has 0 fully saturated rings. The predicted octanol–water partition coefficient (Wildman–Crippen LogP) is 4.98. The summed E-state index contributed by atoms with van der Waals surface area (Å²) < 4.78 is 10.8. The van der Waals surface area contributed by atoms with Gasteiger partial charge in [-0.05, 0) is 47.0 Å². The Morgan fingerprint density at radius 3 is 2.18 bits per heavy atom. The molecule has 0 bridgehead atoms. The molecule has 0 spiro atoms. The maximum atomic E-state index is 12.8. The van der Waals surface area contributed by atoms with Crippen molar-refractivity contribution < 1.29 is 13.6 Å². The van der Waals surface area contributed by atoms with Crippen LogP contribution in [0.5, 0.6) is 0 Å². The standard InChI is InChI=1S/C23H22N2O3/c26-23(24-13-12-19-8-3-7-18-6-1-2-11-22(18)19)25(16-20-9-4-14-27-20)17-21-10-5-15-28-21/h1-11,14-15H,12-13,16-17H2,(H,24,26). The van der Waals surface area contributed by atoms with Crippen LogP contribution in [0.25, 0.3) is 10.8 Å². The highest BCUT2D eigenvalue weighted by Gasteiger charge is 2.17. The van der Waals surface area contributed by atoms with E-state index in [0.717, 1.165) is 17.9 Å². The van der Waals surface area contributed by atoms with Crippen LogP contribution in [0.4, 0.5) is 4.79 Å². The summed E-state index contributed by atoms with van der Waals surface area (Å²) in [6.45, 7) is 1.32. The van der Waals surface area contributed by atoms with Gasteiger partial charge >= 0.3 is 6.03 Å². The molecule has 1 N–H and O–H groups in total. The van der Waals surface area contributed by atoms with Gasteiger partial charge < -0.3 is 19.1 Å². The van der Waals surface area contributed by atoms with E-state index < -0.39 is 0 Å². The topological polar surface area (TPSA) is 58.6 Å². The molecule has 0 aliphatic rings. The van der Waals surface area contributed by atoms with Gasteiger partial charge in [0.1, 0.15) is 11.5 Å². The second-order valence-electron chi connectivity index (χ2n) is 6.63. The number of furan rings is 2. The third-order valence-electron chi connectivity index (χ3n) is 4.69. The molecule has 0 aliphatic heterocycles. The fourth-order valence-electron chi connectivity index (χ4n) is 3.31. The normalized spacial score (nSPS) is 10.9. The second kappa shape index (κ2) is 8.48. The van der Waals surface area contributed by atoms with Crippen LogP contribution >= 0.6 is 0 Å². The van der Waals surface area contributed by atoms with Crippen LogP contribution in [0.2, 0.25) is 0 Å². The number of hydrogen-bond acceptors (Lipinski definition) is 3. The predicted molar refractivity (Wildman–Crippen MR) is 108 cm³/mol. The number of hydrogen-bond donors (Lipinski definition) is 1. The third-order valence-corrected chi connectivity index (χ3v) is 4.69. The van der Waals surface area contributed by atoms with Gasteiger partial charge in [-0.15, -0.1) is 0 Å². The van der Waals surface area contributed by atoms with Crippen LogP contribution in [0.3, 0.4) is 0 Å². The molecule has 0 saturated carbocycles. The van der Waals surface area contributed by atoms with E-state index in [1.807, 2.05) is 36.4 Å². The molecule has 2 aromatic heterocycles. The van der Waals surface area contributed by atoms with Crippen LogP contribution in [-0.2, 0) is 19.5 Å². The van der Waals surface area contributed by atoms with E-state index in [-0.39, 0.29) is 6.03 Å². The van der Waals surface area contributed by atoms with E-state index in [0.29, 0.717) is 19.6 Å². The summed E-state index contributed by atoms with van der Waals surface area (Å²) >= 11 is 0. The molecule has 4 rings (SSSR count). The van der Waals surface area contributed by atoms with Crippen molar-refractivity contribution in [3.05, 3.63) is 96.3 Å². The zero-order valence-electron chi connectivity index (χ0n) is 15.5. The minimum atomic E-state index is -0.145. The molecule has 5 nitrogen and oxygen atoms in total. The first-order chi connectivity index (χ1) is 13.8. The number of nitrogens with one attached hydrogen (secondary N) is 1. The zero-order chi connectivity index (χ0) is 19.2. The van der Waals surface area contributed by atoms with Crippen molar-refractivity contribution in [1.82, 2.24) is 10.2 Å². The Labute approximate surface area is 163 Å². The number of benzene rings is 2. The summed E-state index contributed by atoms with van der Waals surface area (Å²) in [5.74, 6) is 1.46. The molecule has 2 aromatic carbocycles. The number of fused-ring (bicyclic) bond motifs is 1. The van der Waals surface area contributed by atoms with Crippen molar-refractivity contribution in [2.45, 2.75) is 19.5 Å². The van der Waals surface area contributed by atoms with Gasteiger partial charge in [0.2, 0.25) is 0 Å². The summed E-state index contributed by atoms with van der Waals surface area (Å²) in [5, 5.41) is 5.46. The Balaban J connectivity index is 1.40. The molecule has 2 heterocycles. The molecule has 0 unspecified atom stereocenters. The van der Waals surface area contributed by atoms with E-state index in [4.69, 9.17) is 8.83 Å². The summed E-state index contributed by atoms with van der Waals surface area (Å²) in [6, 6.07) is 21.8. The van der Waals surface area contributed by atoms with Gasteiger partial charge in [-0.25, -0.2) is 4.79 Å². The Morgan fingerprint density at radius 1 is 0.821 bits per heavy atom. The number of nitrogens with zero attached hydrogens (tertiary/aromatic N) is 1. The first-order valence-corrected chi connectivity index (χ1v) is 9.34. The number of amides is 2. The summed E-state index contributed by atoms with van der Waals surface area (Å²) in [5.41, 5.74) is 1.22. The van der Waals surface area contributed by atoms with Gasteiger partial charge in [-0.2, -0.15) is 0 Å². The molecule has 142 valence electrons. The van der Waals surface area contributed by atoms with Crippen LogP contribution in [0.15, 0.2) is 88.1 Å². The van der Waals surface area contributed by atoms with E-state index >= 15 is 0 Å². The second-order valence-corrected chi connectivity index (χ2v) is 6.63. The summed E-state index contributed by atoms with van der Waals surface area (Å²) in [6.07, 6.45) is 3.99. The maximum Gasteiger partial charge on any atom is 0.318 e. The van der Waals surface area contributed by atoms with Crippen molar-refractivity contribution in [3.8, 4) is 0 Å². The van der Waals surface area contributed by atoms with Gasteiger partial charge in [0.15, 0.2) is 0 Å². The van der Waals surface area contributed by atoms with Gasteiger partial charge in [0, 0.05) is 6.54 Å². The van der Waals surface area contributed by atoms with E-state index in [1.54, 1.807) is 17.4 Å². The number of carbonyl (C=O) groups is 1. The lowest BCUT2D eigenvalue weighted by molar-refractivity contribution is 0.182. The van der Waals surface area contributed by atoms with Gasteiger partial charge in [0.25, 0.3) is 0 Å². The number of urea groups is 1. The smallest absolute Gasteiger partial charge is 0.318 e. The largest absolute Gasteiger partial charge is 0.467 e. The van der Waals surface area contributed by atoms with Crippen molar-refractivity contribution >= 4 is 16.8 Å². The minimum absolute atomic E-state index is 0.145. The highest BCUT2D eigenvalue weighted by atomic mass is 16.3. The number of rotatable bonds is 7. The van der Waals surface area contributed by atoms with E-state index in [2.05, 4.69) is 35.6 Å². The van der Waals surface area contributed by atoms with Gasteiger partial charge in [-0.3, -0.25) is 0 Å². The lowest BCUT2D eigenvalue weighted by Crippen LogP contribution is -2.39. The minimum Gasteiger partial charge on any atom is -0.467 e. The first kappa shape index (κ1) is 17.9. The Hall–Kier alpha value is -3.47. The molecule has 0 atom stereocenters. The average molecular weight is 374 g/mol.